The number of hydrogen-bond donors (Lipinski definition) is 3. The van der Waals surface area contributed by atoms with E-state index in [1.54, 1.807) is 18.2 Å². The first-order valence-electron chi connectivity index (χ1n) is 5.47. The molecule has 6 heteroatoms. The Labute approximate surface area is 112 Å². The van der Waals surface area contributed by atoms with Crippen LogP contribution in [0.1, 0.15) is 5.56 Å². The maximum atomic E-state index is 9.65. The molecule has 0 fully saturated rings. The Kier molecular flexibility index (Phi) is 5.40. The van der Waals surface area contributed by atoms with Gasteiger partial charge in [0.05, 0.1) is 23.4 Å². The van der Waals surface area contributed by atoms with Gasteiger partial charge in [-0.3, -0.25) is 5.41 Å². The first-order chi connectivity index (χ1) is 8.45. The third-order valence-corrected chi connectivity index (χ3v) is 2.82. The molecule has 5 nitrogen and oxygen atoms in total. The number of likely N-dealkylation sites (N-methyl/N-ethyl adjacent to an activating group) is 1. The maximum Gasteiger partial charge on any atom is 0.122 e. The van der Waals surface area contributed by atoms with E-state index >= 15 is 0 Å². The number of ether oxygens (including phenoxy) is 1. The van der Waals surface area contributed by atoms with Crippen LogP contribution in [-0.2, 0) is 4.74 Å². The summed E-state index contributed by atoms with van der Waals surface area (Å²) in [6, 6.07) is 5.14. The van der Waals surface area contributed by atoms with Crippen molar-refractivity contribution < 1.29 is 9.84 Å². The molecule has 0 aliphatic heterocycles. The number of nitrogens with one attached hydrogen (secondary N) is 1. The molecule has 1 unspecified atom stereocenters. The SMILES string of the molecule is COCC(O)CN(C)c1ccc(C(=N)N)cc1Cl. The van der Waals surface area contributed by atoms with Crippen LogP contribution in [0.2, 0.25) is 5.02 Å². The lowest BCUT2D eigenvalue weighted by Gasteiger charge is -2.23. The average molecular weight is 272 g/mol. The minimum atomic E-state index is -0.580. The zero-order chi connectivity index (χ0) is 13.7. The van der Waals surface area contributed by atoms with Gasteiger partial charge in [-0.2, -0.15) is 0 Å². The summed E-state index contributed by atoms with van der Waals surface area (Å²) >= 11 is 6.12. The third kappa shape index (κ3) is 3.87. The molecule has 0 amide bonds. The Morgan fingerprint density at radius 3 is 2.78 bits per heavy atom. The fourth-order valence-corrected chi connectivity index (χ4v) is 1.97. The highest BCUT2D eigenvalue weighted by Crippen LogP contribution is 2.26. The second kappa shape index (κ2) is 6.58. The molecule has 100 valence electrons. The fourth-order valence-electron chi connectivity index (χ4n) is 1.64. The van der Waals surface area contributed by atoms with Crippen molar-refractivity contribution >= 4 is 23.1 Å². The summed E-state index contributed by atoms with van der Waals surface area (Å²) in [5, 5.41) is 17.5. The largest absolute Gasteiger partial charge is 0.389 e. The highest BCUT2D eigenvalue weighted by atomic mass is 35.5. The highest BCUT2D eigenvalue weighted by Gasteiger charge is 2.12. The molecule has 0 radical (unpaired) electrons. The van der Waals surface area contributed by atoms with Gasteiger partial charge in [0, 0.05) is 26.3 Å². The minimum Gasteiger partial charge on any atom is -0.389 e. The van der Waals surface area contributed by atoms with Crippen molar-refractivity contribution in [2.24, 2.45) is 5.73 Å². The van der Waals surface area contributed by atoms with Gasteiger partial charge >= 0.3 is 0 Å². The molecular formula is C12H18ClN3O2. The Balaban J connectivity index is 2.80. The lowest BCUT2D eigenvalue weighted by molar-refractivity contribution is 0.0695. The molecule has 0 saturated carbocycles. The first-order valence-corrected chi connectivity index (χ1v) is 5.85. The van der Waals surface area contributed by atoms with E-state index in [0.29, 0.717) is 17.1 Å². The van der Waals surface area contributed by atoms with Gasteiger partial charge in [0.2, 0.25) is 0 Å². The zero-order valence-corrected chi connectivity index (χ0v) is 11.2. The summed E-state index contributed by atoms with van der Waals surface area (Å²) in [5.41, 5.74) is 6.74. The molecule has 0 heterocycles. The standard InChI is InChI=1S/C12H18ClN3O2/c1-16(6-9(17)7-18-2)11-4-3-8(12(14)15)5-10(11)13/h3-5,9,17H,6-7H2,1-2H3,(H3,14,15). The van der Waals surface area contributed by atoms with Gasteiger partial charge in [-0.15, -0.1) is 0 Å². The van der Waals surface area contributed by atoms with Crippen LogP contribution in [0.4, 0.5) is 5.69 Å². The van der Waals surface area contributed by atoms with Crippen molar-refractivity contribution in [1.82, 2.24) is 0 Å². The summed E-state index contributed by atoms with van der Waals surface area (Å²) in [7, 11) is 3.37. The quantitative estimate of drug-likeness (QED) is 0.534. The summed E-state index contributed by atoms with van der Waals surface area (Å²) in [6.45, 7) is 0.681. The molecule has 1 atom stereocenters. The summed E-state index contributed by atoms with van der Waals surface area (Å²) in [6.07, 6.45) is -0.580. The van der Waals surface area contributed by atoms with Crippen LogP contribution < -0.4 is 10.6 Å². The Morgan fingerprint density at radius 1 is 1.61 bits per heavy atom. The molecule has 0 saturated heterocycles. The van der Waals surface area contributed by atoms with Crippen molar-refractivity contribution in [2.45, 2.75) is 6.10 Å². The van der Waals surface area contributed by atoms with Crippen molar-refractivity contribution in [3.05, 3.63) is 28.8 Å². The van der Waals surface area contributed by atoms with Crippen molar-refractivity contribution in [2.75, 3.05) is 32.2 Å². The van der Waals surface area contributed by atoms with Gasteiger partial charge in [-0.1, -0.05) is 11.6 Å². The first kappa shape index (κ1) is 14.8. The number of rotatable bonds is 6. The van der Waals surface area contributed by atoms with Gasteiger partial charge in [0.15, 0.2) is 0 Å². The average Bonchev–Trinajstić information content (AvgIpc) is 2.28. The number of nitrogens with zero attached hydrogens (tertiary/aromatic N) is 1. The van der Waals surface area contributed by atoms with Crippen LogP contribution in [0.15, 0.2) is 18.2 Å². The second-order valence-corrected chi connectivity index (χ2v) is 4.48. The number of benzene rings is 1. The van der Waals surface area contributed by atoms with E-state index in [-0.39, 0.29) is 12.4 Å². The summed E-state index contributed by atoms with van der Waals surface area (Å²) < 4.78 is 4.87. The Hall–Kier alpha value is -1.30. The van der Waals surface area contributed by atoms with E-state index in [0.717, 1.165) is 5.69 Å². The number of hydrogen-bond acceptors (Lipinski definition) is 4. The highest BCUT2D eigenvalue weighted by molar-refractivity contribution is 6.33. The molecule has 1 rings (SSSR count). The van der Waals surface area contributed by atoms with E-state index < -0.39 is 6.10 Å². The molecule has 0 aromatic heterocycles. The predicted octanol–water partition coefficient (Wildman–Crippen LogP) is 1.07. The number of aliphatic hydroxyl groups is 1. The van der Waals surface area contributed by atoms with Crippen LogP contribution in [0.5, 0.6) is 0 Å². The van der Waals surface area contributed by atoms with Crippen LogP contribution in [0.3, 0.4) is 0 Å². The topological polar surface area (TPSA) is 82.6 Å². The molecule has 0 aliphatic carbocycles. The smallest absolute Gasteiger partial charge is 0.122 e. The Bertz CT molecular complexity index is 426. The maximum absolute atomic E-state index is 9.65. The van der Waals surface area contributed by atoms with E-state index in [2.05, 4.69) is 0 Å². The zero-order valence-electron chi connectivity index (χ0n) is 10.5. The fraction of sp³-hybridized carbons (Fsp3) is 0.417. The molecule has 0 spiro atoms. The molecule has 1 aromatic carbocycles. The minimum absolute atomic E-state index is 0.0227. The van der Waals surface area contributed by atoms with Crippen LogP contribution in [0.25, 0.3) is 0 Å². The predicted molar refractivity (Wildman–Crippen MR) is 73.6 cm³/mol. The summed E-state index contributed by atoms with van der Waals surface area (Å²) in [4.78, 5) is 1.83. The van der Waals surface area contributed by atoms with Crippen molar-refractivity contribution in [3.8, 4) is 0 Å². The summed E-state index contributed by atoms with van der Waals surface area (Å²) in [5.74, 6) is -0.0227. The van der Waals surface area contributed by atoms with Crippen LogP contribution in [-0.4, -0.2) is 44.4 Å². The number of nitrogens with two attached hydrogens (primary N) is 1. The monoisotopic (exact) mass is 271 g/mol. The van der Waals surface area contributed by atoms with E-state index in [4.69, 9.17) is 27.5 Å². The number of anilines is 1. The number of methoxy groups -OCH3 is 1. The van der Waals surface area contributed by atoms with E-state index in [9.17, 15) is 5.11 Å². The van der Waals surface area contributed by atoms with Gasteiger partial charge in [-0.25, -0.2) is 0 Å². The lowest BCUT2D eigenvalue weighted by atomic mass is 10.1. The molecule has 0 aliphatic rings. The van der Waals surface area contributed by atoms with Crippen LogP contribution >= 0.6 is 11.6 Å². The van der Waals surface area contributed by atoms with Crippen molar-refractivity contribution in [1.29, 1.82) is 5.41 Å². The van der Waals surface area contributed by atoms with E-state index in [1.165, 1.54) is 7.11 Å². The number of amidine groups is 1. The molecule has 18 heavy (non-hydrogen) atoms. The number of halogens is 1. The number of nitrogen functional groups attached to an aromatic ring is 1. The normalized spacial score (nSPS) is 12.2. The molecule has 4 N–H and O–H groups in total. The van der Waals surface area contributed by atoms with Gasteiger partial charge < -0.3 is 20.5 Å². The molecular weight excluding hydrogens is 254 g/mol. The van der Waals surface area contributed by atoms with Gasteiger partial charge in [-0.05, 0) is 18.2 Å². The molecule has 0 bridgehead atoms. The lowest BCUT2D eigenvalue weighted by Crippen LogP contribution is -2.32. The van der Waals surface area contributed by atoms with E-state index in [1.807, 2.05) is 11.9 Å². The molecule has 1 aromatic rings. The van der Waals surface area contributed by atoms with Crippen molar-refractivity contribution in [3.63, 3.8) is 0 Å². The van der Waals surface area contributed by atoms with Crippen LogP contribution in [0, 0.1) is 5.41 Å². The number of aliphatic hydroxyl groups excluding tert-OH is 1. The second-order valence-electron chi connectivity index (χ2n) is 4.07. The van der Waals surface area contributed by atoms with Gasteiger partial charge in [0.1, 0.15) is 5.84 Å². The van der Waals surface area contributed by atoms with Gasteiger partial charge in [0.25, 0.3) is 0 Å². The third-order valence-electron chi connectivity index (χ3n) is 2.51. The Morgan fingerprint density at radius 2 is 2.28 bits per heavy atom.